The second kappa shape index (κ2) is 8.35. The van der Waals surface area contributed by atoms with E-state index in [0.717, 1.165) is 56.5 Å². The topological polar surface area (TPSA) is 91.4 Å². The Balaban J connectivity index is 1.27. The minimum Gasteiger partial charge on any atom is -0.488 e. The van der Waals surface area contributed by atoms with Crippen molar-refractivity contribution in [3.8, 4) is 5.75 Å². The van der Waals surface area contributed by atoms with Crippen LogP contribution in [0.5, 0.6) is 5.75 Å². The van der Waals surface area contributed by atoms with E-state index in [1.54, 1.807) is 6.33 Å². The molecule has 1 saturated heterocycles. The third-order valence-electron chi connectivity index (χ3n) is 7.15. The summed E-state index contributed by atoms with van der Waals surface area (Å²) in [5.74, 6) is 2.59. The van der Waals surface area contributed by atoms with Crippen molar-refractivity contribution in [3.05, 3.63) is 41.9 Å². The van der Waals surface area contributed by atoms with Gasteiger partial charge in [-0.25, -0.2) is 9.97 Å². The van der Waals surface area contributed by atoms with Crippen LogP contribution in [0.1, 0.15) is 57.2 Å². The van der Waals surface area contributed by atoms with Gasteiger partial charge in [-0.3, -0.25) is 10.3 Å². The molecule has 32 heavy (non-hydrogen) atoms. The molecule has 2 saturated carbocycles. The van der Waals surface area contributed by atoms with Gasteiger partial charge in [0.2, 0.25) is 0 Å². The molecule has 2 heterocycles. The van der Waals surface area contributed by atoms with E-state index in [2.05, 4.69) is 33.6 Å². The minimum absolute atomic E-state index is 0.0735. The molecule has 0 spiro atoms. The van der Waals surface area contributed by atoms with Gasteiger partial charge in [-0.2, -0.15) is 0 Å². The smallest absolute Gasteiger partial charge is 0.132 e. The van der Waals surface area contributed by atoms with Crippen LogP contribution in [-0.4, -0.2) is 58.4 Å². The first-order chi connectivity index (χ1) is 15.4. The average Bonchev–Trinajstić information content (AvgIpc) is 3.74. The van der Waals surface area contributed by atoms with Crippen molar-refractivity contribution in [1.82, 2.24) is 14.9 Å². The summed E-state index contributed by atoms with van der Waals surface area (Å²) in [6.45, 7) is 8.47. The van der Waals surface area contributed by atoms with Crippen molar-refractivity contribution < 1.29 is 4.74 Å². The Morgan fingerprint density at radius 2 is 1.94 bits per heavy atom. The number of piperazine rings is 1. The lowest BCUT2D eigenvalue weighted by molar-refractivity contribution is 0.183. The molecule has 3 fully saturated rings. The second-order valence-corrected chi connectivity index (χ2v) is 9.99. The van der Waals surface area contributed by atoms with Gasteiger partial charge in [0.1, 0.15) is 23.5 Å². The van der Waals surface area contributed by atoms with Crippen LogP contribution in [0, 0.1) is 11.3 Å². The fraction of sp³-hybridized carbons (Fsp3) is 0.560. The molecule has 1 atom stereocenters. The number of rotatable bonds is 8. The summed E-state index contributed by atoms with van der Waals surface area (Å²) in [4.78, 5) is 13.8. The summed E-state index contributed by atoms with van der Waals surface area (Å²) < 4.78 is 6.07. The molecule has 3 aliphatic rings. The van der Waals surface area contributed by atoms with Gasteiger partial charge in [0.05, 0.1) is 11.4 Å². The predicted octanol–water partition coefficient (Wildman–Crippen LogP) is 3.72. The number of nitrogens with zero attached hydrogens (tertiary/aromatic N) is 4. The molecule has 0 bridgehead atoms. The van der Waals surface area contributed by atoms with Crippen LogP contribution < -0.4 is 15.4 Å². The maximum Gasteiger partial charge on any atom is 0.132 e. The quantitative estimate of drug-likeness (QED) is 0.486. The van der Waals surface area contributed by atoms with Gasteiger partial charge in [0, 0.05) is 49.5 Å². The van der Waals surface area contributed by atoms with E-state index in [9.17, 15) is 0 Å². The van der Waals surface area contributed by atoms with Crippen LogP contribution in [0.3, 0.4) is 0 Å². The summed E-state index contributed by atoms with van der Waals surface area (Å²) in [6.07, 6.45) is 7.84. The van der Waals surface area contributed by atoms with Gasteiger partial charge in [0.25, 0.3) is 0 Å². The van der Waals surface area contributed by atoms with E-state index >= 15 is 0 Å². The number of hydrogen-bond acceptors (Lipinski definition) is 7. The van der Waals surface area contributed by atoms with E-state index in [0.29, 0.717) is 28.7 Å². The van der Waals surface area contributed by atoms with E-state index < -0.39 is 0 Å². The van der Waals surface area contributed by atoms with Gasteiger partial charge in [-0.15, -0.1) is 0 Å². The maximum atomic E-state index is 8.77. The zero-order valence-corrected chi connectivity index (χ0v) is 19.2. The first-order valence-electron chi connectivity index (χ1n) is 11.9. The number of nitrogens with two attached hydrogens (primary N) is 1. The third kappa shape index (κ3) is 4.72. The van der Waals surface area contributed by atoms with Crippen molar-refractivity contribution in [3.63, 3.8) is 0 Å². The predicted molar refractivity (Wildman–Crippen MR) is 128 cm³/mol. The summed E-state index contributed by atoms with van der Waals surface area (Å²) in [5, 5.41) is 8.77. The monoisotopic (exact) mass is 434 g/mol. The van der Waals surface area contributed by atoms with Crippen LogP contribution in [0.15, 0.2) is 30.6 Å². The number of nitrogens with one attached hydrogen (secondary N) is 1. The minimum atomic E-state index is -0.0735. The molecule has 0 radical (unpaired) electrons. The van der Waals surface area contributed by atoms with Gasteiger partial charge < -0.3 is 15.4 Å². The SMILES string of the molecule is CC(CC1CC1)N1CCN(c2cc(C(=N)c3cc(OC4(C)CC4)ccc3N)ncn2)CC1. The lowest BCUT2D eigenvalue weighted by Crippen LogP contribution is -2.50. The van der Waals surface area contributed by atoms with Gasteiger partial charge >= 0.3 is 0 Å². The largest absolute Gasteiger partial charge is 0.488 e. The summed E-state index contributed by atoms with van der Waals surface area (Å²) >= 11 is 0. The van der Waals surface area contributed by atoms with E-state index in [4.69, 9.17) is 15.9 Å². The highest BCUT2D eigenvalue weighted by atomic mass is 16.5. The normalized spacial score (nSPS) is 21.2. The molecule has 170 valence electrons. The van der Waals surface area contributed by atoms with Gasteiger partial charge in [-0.05, 0) is 57.2 Å². The van der Waals surface area contributed by atoms with E-state index in [1.165, 1.54) is 19.3 Å². The van der Waals surface area contributed by atoms with Gasteiger partial charge in [-0.1, -0.05) is 12.8 Å². The Morgan fingerprint density at radius 3 is 2.62 bits per heavy atom. The standard InChI is InChI=1S/C25H34N6O/c1-17(13-18-3-4-18)30-9-11-31(12-10-30)23-15-22(28-16-29-23)24(27)20-14-19(5-6-21(20)26)32-25(2)7-8-25/h5-6,14-18,27H,3-4,7-13,26H2,1-2H3. The Labute approximate surface area is 190 Å². The summed E-state index contributed by atoms with van der Waals surface area (Å²) in [7, 11) is 0. The fourth-order valence-electron chi connectivity index (χ4n) is 4.55. The van der Waals surface area contributed by atoms with Crippen LogP contribution in [-0.2, 0) is 0 Å². The molecule has 1 aliphatic heterocycles. The molecule has 7 heteroatoms. The van der Waals surface area contributed by atoms with Gasteiger partial charge in [0.15, 0.2) is 0 Å². The Hall–Kier alpha value is -2.67. The highest BCUT2D eigenvalue weighted by Crippen LogP contribution is 2.40. The first kappa shape index (κ1) is 21.2. The Bertz CT molecular complexity index is 992. The molecule has 5 rings (SSSR count). The average molecular weight is 435 g/mol. The van der Waals surface area contributed by atoms with Crippen LogP contribution >= 0.6 is 0 Å². The van der Waals surface area contributed by atoms with Crippen LogP contribution in [0.2, 0.25) is 0 Å². The zero-order valence-electron chi connectivity index (χ0n) is 19.2. The van der Waals surface area contributed by atoms with Crippen LogP contribution in [0.4, 0.5) is 11.5 Å². The number of nitrogen functional groups attached to an aromatic ring is 1. The Morgan fingerprint density at radius 1 is 1.19 bits per heavy atom. The number of ether oxygens (including phenoxy) is 1. The van der Waals surface area contributed by atoms with Crippen LogP contribution in [0.25, 0.3) is 0 Å². The van der Waals surface area contributed by atoms with E-state index in [1.807, 2.05) is 24.3 Å². The molecule has 1 unspecified atom stereocenters. The summed E-state index contributed by atoms with van der Waals surface area (Å²) in [6, 6.07) is 8.14. The van der Waals surface area contributed by atoms with Crippen molar-refractivity contribution >= 4 is 17.2 Å². The molecule has 2 aliphatic carbocycles. The molecule has 7 nitrogen and oxygen atoms in total. The highest BCUT2D eigenvalue weighted by Gasteiger charge is 2.40. The van der Waals surface area contributed by atoms with E-state index in [-0.39, 0.29) is 5.60 Å². The van der Waals surface area contributed by atoms with Crippen molar-refractivity contribution in [2.75, 3.05) is 36.8 Å². The molecule has 1 aromatic heterocycles. The molecular formula is C25H34N6O. The fourth-order valence-corrected chi connectivity index (χ4v) is 4.55. The molecule has 0 amide bonds. The molecule has 1 aromatic carbocycles. The van der Waals surface area contributed by atoms with Crippen molar-refractivity contribution in [2.45, 2.75) is 57.6 Å². The Kier molecular flexibility index (Phi) is 5.53. The summed E-state index contributed by atoms with van der Waals surface area (Å²) in [5.41, 5.74) is 8.23. The van der Waals surface area contributed by atoms with Crippen molar-refractivity contribution in [1.29, 1.82) is 5.41 Å². The molecular weight excluding hydrogens is 400 g/mol. The maximum absolute atomic E-state index is 8.77. The lowest BCUT2D eigenvalue weighted by Gasteiger charge is -2.38. The highest BCUT2D eigenvalue weighted by molar-refractivity contribution is 6.13. The molecule has 2 aromatic rings. The number of hydrogen-bond donors (Lipinski definition) is 2. The molecule has 3 N–H and O–H groups in total. The van der Waals surface area contributed by atoms with Crippen molar-refractivity contribution in [2.24, 2.45) is 5.92 Å². The number of aromatic nitrogens is 2. The lowest BCUT2D eigenvalue weighted by atomic mass is 10.0. The second-order valence-electron chi connectivity index (χ2n) is 9.99. The third-order valence-corrected chi connectivity index (χ3v) is 7.15. The first-order valence-corrected chi connectivity index (χ1v) is 11.9. The number of anilines is 2. The number of benzene rings is 1. The zero-order chi connectivity index (χ0) is 22.3.